The van der Waals surface area contributed by atoms with Gasteiger partial charge >= 0.3 is 12.0 Å². The molecule has 1 aliphatic rings. The summed E-state index contributed by atoms with van der Waals surface area (Å²) in [6.45, 7) is 3.81. The molecule has 2 aromatic rings. The number of esters is 1. The van der Waals surface area contributed by atoms with E-state index in [1.165, 1.54) is 18.2 Å². The van der Waals surface area contributed by atoms with Crippen LogP contribution in [0.5, 0.6) is 0 Å². The number of methoxy groups -OCH3 is 1. The van der Waals surface area contributed by atoms with E-state index in [0.717, 1.165) is 51.9 Å². The third-order valence-corrected chi connectivity index (χ3v) is 6.01. The SMILES string of the molecule is COC(=O)CCCCCCNC(=O)N1CCN(C(c2ccccc2)c2ccccc2)CC1. The highest BCUT2D eigenvalue weighted by atomic mass is 16.5. The lowest BCUT2D eigenvalue weighted by molar-refractivity contribution is -0.140. The van der Waals surface area contributed by atoms with Crippen molar-refractivity contribution in [2.75, 3.05) is 39.8 Å². The van der Waals surface area contributed by atoms with E-state index in [4.69, 9.17) is 0 Å². The fourth-order valence-electron chi connectivity index (χ4n) is 4.23. The number of amides is 2. The molecule has 1 N–H and O–H groups in total. The van der Waals surface area contributed by atoms with Crippen LogP contribution in [0.4, 0.5) is 4.79 Å². The lowest BCUT2D eigenvalue weighted by atomic mass is 9.96. The average molecular weight is 438 g/mol. The van der Waals surface area contributed by atoms with Gasteiger partial charge in [0, 0.05) is 39.1 Å². The van der Waals surface area contributed by atoms with E-state index in [1.807, 2.05) is 17.0 Å². The number of carbonyl (C=O) groups is 2. The molecule has 0 atom stereocenters. The minimum Gasteiger partial charge on any atom is -0.469 e. The summed E-state index contributed by atoms with van der Waals surface area (Å²) >= 11 is 0. The summed E-state index contributed by atoms with van der Waals surface area (Å²) in [5.41, 5.74) is 2.56. The maximum Gasteiger partial charge on any atom is 0.317 e. The molecule has 0 saturated carbocycles. The first-order valence-corrected chi connectivity index (χ1v) is 11.6. The fraction of sp³-hybridized carbons (Fsp3) is 0.462. The molecule has 3 rings (SSSR count). The first-order chi connectivity index (χ1) is 15.7. The van der Waals surface area contributed by atoms with Gasteiger partial charge in [-0.2, -0.15) is 0 Å². The largest absolute Gasteiger partial charge is 0.469 e. The third-order valence-electron chi connectivity index (χ3n) is 6.01. The normalized spacial score (nSPS) is 14.4. The molecule has 2 amide bonds. The molecule has 1 fully saturated rings. The number of rotatable bonds is 10. The van der Waals surface area contributed by atoms with Crippen LogP contribution in [0, 0.1) is 0 Å². The molecule has 0 aliphatic carbocycles. The molecular weight excluding hydrogens is 402 g/mol. The highest BCUT2D eigenvalue weighted by Gasteiger charge is 2.27. The zero-order valence-electron chi connectivity index (χ0n) is 19.0. The Morgan fingerprint density at radius 2 is 1.41 bits per heavy atom. The van der Waals surface area contributed by atoms with Gasteiger partial charge in [0.2, 0.25) is 0 Å². The van der Waals surface area contributed by atoms with Gasteiger partial charge in [0.1, 0.15) is 0 Å². The Kier molecular flexibility index (Phi) is 9.57. The van der Waals surface area contributed by atoms with Gasteiger partial charge in [0.05, 0.1) is 13.2 Å². The first-order valence-electron chi connectivity index (χ1n) is 11.6. The number of urea groups is 1. The van der Waals surface area contributed by atoms with Crippen LogP contribution in [0.2, 0.25) is 0 Å². The topological polar surface area (TPSA) is 61.9 Å². The maximum atomic E-state index is 12.6. The number of hydrogen-bond acceptors (Lipinski definition) is 4. The minimum absolute atomic E-state index is 0.0233. The summed E-state index contributed by atoms with van der Waals surface area (Å²) in [5.74, 6) is -0.154. The van der Waals surface area contributed by atoms with Crippen molar-refractivity contribution in [1.29, 1.82) is 0 Å². The second-order valence-electron chi connectivity index (χ2n) is 8.22. The standard InChI is InChI=1S/C26H35N3O3/c1-32-24(30)16-10-2-3-11-17-27-26(31)29-20-18-28(19-21-29)25(22-12-6-4-7-13-22)23-14-8-5-9-15-23/h4-9,12-15,25H,2-3,10-11,16-21H2,1H3,(H,27,31). The van der Waals surface area contributed by atoms with Crippen LogP contribution in [-0.2, 0) is 9.53 Å². The number of unbranched alkanes of at least 4 members (excludes halogenated alkanes) is 3. The van der Waals surface area contributed by atoms with Crippen molar-refractivity contribution < 1.29 is 14.3 Å². The molecule has 32 heavy (non-hydrogen) atoms. The maximum absolute atomic E-state index is 12.6. The van der Waals surface area contributed by atoms with Gasteiger partial charge in [-0.25, -0.2) is 4.79 Å². The van der Waals surface area contributed by atoms with Crippen LogP contribution < -0.4 is 5.32 Å². The van der Waals surface area contributed by atoms with Crippen molar-refractivity contribution in [1.82, 2.24) is 15.1 Å². The molecule has 0 aromatic heterocycles. The van der Waals surface area contributed by atoms with Crippen molar-refractivity contribution >= 4 is 12.0 Å². The van der Waals surface area contributed by atoms with Crippen LogP contribution in [-0.4, -0.2) is 61.6 Å². The molecular formula is C26H35N3O3. The molecule has 1 aliphatic heterocycles. The summed E-state index contributed by atoms with van der Waals surface area (Å²) in [6.07, 6.45) is 4.22. The Morgan fingerprint density at radius 3 is 1.97 bits per heavy atom. The zero-order valence-corrected chi connectivity index (χ0v) is 19.0. The first kappa shape index (κ1) is 23.8. The Bertz CT molecular complexity index is 781. The van der Waals surface area contributed by atoms with Crippen LogP contribution in [0.1, 0.15) is 49.3 Å². The summed E-state index contributed by atoms with van der Waals surface area (Å²) in [6, 6.07) is 21.4. The smallest absolute Gasteiger partial charge is 0.317 e. The highest BCUT2D eigenvalue weighted by Crippen LogP contribution is 2.29. The predicted octanol–water partition coefficient (Wildman–Crippen LogP) is 4.23. The van der Waals surface area contributed by atoms with E-state index in [0.29, 0.717) is 13.0 Å². The summed E-state index contributed by atoms with van der Waals surface area (Å²) in [7, 11) is 1.42. The van der Waals surface area contributed by atoms with E-state index in [2.05, 4.69) is 63.5 Å². The van der Waals surface area contributed by atoms with Crippen LogP contribution in [0.3, 0.4) is 0 Å². The predicted molar refractivity (Wildman–Crippen MR) is 126 cm³/mol. The summed E-state index contributed by atoms with van der Waals surface area (Å²) in [5, 5.41) is 3.05. The van der Waals surface area contributed by atoms with Gasteiger partial charge in [-0.15, -0.1) is 0 Å². The Morgan fingerprint density at radius 1 is 0.844 bits per heavy atom. The van der Waals surface area contributed by atoms with E-state index in [-0.39, 0.29) is 18.0 Å². The molecule has 6 nitrogen and oxygen atoms in total. The Balaban J connectivity index is 1.43. The van der Waals surface area contributed by atoms with Gasteiger partial charge in [-0.05, 0) is 24.0 Å². The number of benzene rings is 2. The molecule has 6 heteroatoms. The number of hydrogen-bond donors (Lipinski definition) is 1. The van der Waals surface area contributed by atoms with E-state index in [9.17, 15) is 9.59 Å². The average Bonchev–Trinajstić information content (AvgIpc) is 2.85. The van der Waals surface area contributed by atoms with Gasteiger partial charge < -0.3 is 15.0 Å². The quantitative estimate of drug-likeness (QED) is 0.446. The van der Waals surface area contributed by atoms with E-state index in [1.54, 1.807) is 0 Å². The second-order valence-corrected chi connectivity index (χ2v) is 8.22. The molecule has 1 saturated heterocycles. The summed E-state index contributed by atoms with van der Waals surface area (Å²) < 4.78 is 4.64. The van der Waals surface area contributed by atoms with Crippen molar-refractivity contribution in [3.63, 3.8) is 0 Å². The zero-order chi connectivity index (χ0) is 22.6. The molecule has 2 aromatic carbocycles. The highest BCUT2D eigenvalue weighted by molar-refractivity contribution is 5.74. The van der Waals surface area contributed by atoms with Crippen molar-refractivity contribution in [3.8, 4) is 0 Å². The number of ether oxygens (including phenoxy) is 1. The van der Waals surface area contributed by atoms with E-state index >= 15 is 0 Å². The monoisotopic (exact) mass is 437 g/mol. The van der Waals surface area contributed by atoms with Crippen molar-refractivity contribution in [2.45, 2.75) is 38.1 Å². The Hall–Kier alpha value is -2.86. The van der Waals surface area contributed by atoms with Gasteiger partial charge in [0.25, 0.3) is 0 Å². The molecule has 172 valence electrons. The van der Waals surface area contributed by atoms with Gasteiger partial charge in [-0.1, -0.05) is 73.5 Å². The van der Waals surface area contributed by atoms with E-state index < -0.39 is 0 Å². The van der Waals surface area contributed by atoms with Crippen molar-refractivity contribution in [3.05, 3.63) is 71.8 Å². The molecule has 1 heterocycles. The molecule has 0 unspecified atom stereocenters. The number of nitrogens with zero attached hydrogens (tertiary/aromatic N) is 2. The minimum atomic E-state index is -0.154. The fourth-order valence-corrected chi connectivity index (χ4v) is 4.23. The van der Waals surface area contributed by atoms with Crippen LogP contribution in [0.15, 0.2) is 60.7 Å². The third kappa shape index (κ3) is 7.09. The van der Waals surface area contributed by atoms with Gasteiger partial charge in [-0.3, -0.25) is 9.69 Å². The number of nitrogens with one attached hydrogen (secondary N) is 1. The number of piperazine rings is 1. The van der Waals surface area contributed by atoms with Crippen LogP contribution >= 0.6 is 0 Å². The summed E-state index contributed by atoms with van der Waals surface area (Å²) in [4.78, 5) is 28.1. The second kappa shape index (κ2) is 12.9. The Labute approximate surface area is 191 Å². The molecule has 0 bridgehead atoms. The van der Waals surface area contributed by atoms with Crippen molar-refractivity contribution in [2.24, 2.45) is 0 Å². The molecule has 0 spiro atoms. The number of carbonyl (C=O) groups excluding carboxylic acids is 2. The van der Waals surface area contributed by atoms with Gasteiger partial charge in [0.15, 0.2) is 0 Å². The van der Waals surface area contributed by atoms with Crippen LogP contribution in [0.25, 0.3) is 0 Å². The lowest BCUT2D eigenvalue weighted by Gasteiger charge is -2.39. The molecule has 0 radical (unpaired) electrons. The lowest BCUT2D eigenvalue weighted by Crippen LogP contribution is -2.52.